The standard InChI is InChI=1S/C34H42FN3O4S/c1-4-32(34(40)36-29-11-7-5-8-12-29)37(23-26-15-19-28(35)20-16-26)33(39)24-38(30-21-17-27(18-22-30)25(2)3)43(41,42)31-13-9-6-10-14-31/h6,9-10,13-22,25,29,32H,4-5,7-8,11-12,23-24H2,1-3H3,(H,36,40)/t32-/m1/s1. The summed E-state index contributed by atoms with van der Waals surface area (Å²) in [5.41, 5.74) is 2.02. The number of hydrogen-bond acceptors (Lipinski definition) is 4. The molecule has 0 radical (unpaired) electrons. The lowest BCUT2D eigenvalue weighted by Gasteiger charge is -2.34. The maximum Gasteiger partial charge on any atom is 0.264 e. The van der Waals surface area contributed by atoms with Gasteiger partial charge in [0, 0.05) is 12.6 Å². The molecular weight excluding hydrogens is 565 g/mol. The van der Waals surface area contributed by atoms with Crippen LogP contribution in [-0.4, -0.2) is 43.8 Å². The van der Waals surface area contributed by atoms with Gasteiger partial charge in [0.25, 0.3) is 10.0 Å². The normalized spacial score (nSPS) is 14.7. The van der Waals surface area contributed by atoms with Gasteiger partial charge in [-0.15, -0.1) is 0 Å². The summed E-state index contributed by atoms with van der Waals surface area (Å²) < 4.78 is 42.8. The molecule has 0 spiro atoms. The molecule has 0 saturated heterocycles. The van der Waals surface area contributed by atoms with Crippen LogP contribution < -0.4 is 9.62 Å². The fraction of sp³-hybridized carbons (Fsp3) is 0.412. The summed E-state index contributed by atoms with van der Waals surface area (Å²) in [6.07, 6.45) is 5.35. The number of anilines is 1. The minimum atomic E-state index is -4.13. The molecule has 0 aliphatic heterocycles. The van der Waals surface area contributed by atoms with E-state index in [0.717, 1.165) is 42.0 Å². The van der Waals surface area contributed by atoms with Gasteiger partial charge >= 0.3 is 0 Å². The Morgan fingerprint density at radius 1 is 0.907 bits per heavy atom. The van der Waals surface area contributed by atoms with E-state index in [1.807, 2.05) is 32.9 Å². The molecule has 1 fully saturated rings. The highest BCUT2D eigenvalue weighted by molar-refractivity contribution is 7.92. The van der Waals surface area contributed by atoms with E-state index in [4.69, 9.17) is 0 Å². The Hall–Kier alpha value is -3.72. The monoisotopic (exact) mass is 607 g/mol. The van der Waals surface area contributed by atoms with Crippen molar-refractivity contribution in [3.8, 4) is 0 Å². The quantitative estimate of drug-likeness (QED) is 0.258. The van der Waals surface area contributed by atoms with Crippen molar-refractivity contribution < 1.29 is 22.4 Å². The zero-order chi connectivity index (χ0) is 31.0. The van der Waals surface area contributed by atoms with Crippen LogP contribution in [-0.2, 0) is 26.2 Å². The molecule has 1 aliphatic rings. The van der Waals surface area contributed by atoms with Crippen LogP contribution in [0.3, 0.4) is 0 Å². The van der Waals surface area contributed by atoms with Crippen molar-refractivity contribution in [3.63, 3.8) is 0 Å². The Labute approximate surface area is 255 Å². The van der Waals surface area contributed by atoms with E-state index in [-0.39, 0.29) is 29.3 Å². The van der Waals surface area contributed by atoms with Crippen molar-refractivity contribution in [2.45, 2.75) is 88.7 Å². The summed E-state index contributed by atoms with van der Waals surface area (Å²) in [6, 6.07) is 20.1. The maximum atomic E-state index is 14.2. The van der Waals surface area contributed by atoms with Crippen molar-refractivity contribution >= 4 is 27.5 Å². The highest BCUT2D eigenvalue weighted by atomic mass is 32.2. The Kier molecular flexibility index (Phi) is 11.0. The number of nitrogens with zero attached hydrogens (tertiary/aromatic N) is 2. The van der Waals surface area contributed by atoms with Crippen molar-refractivity contribution in [3.05, 3.63) is 95.8 Å². The molecule has 3 aromatic carbocycles. The molecule has 1 saturated carbocycles. The first-order valence-electron chi connectivity index (χ1n) is 15.1. The Morgan fingerprint density at radius 3 is 2.12 bits per heavy atom. The average molecular weight is 608 g/mol. The van der Waals surface area contributed by atoms with Crippen LogP contribution in [0.4, 0.5) is 10.1 Å². The number of halogens is 1. The topological polar surface area (TPSA) is 86.8 Å². The lowest BCUT2D eigenvalue weighted by Crippen LogP contribution is -2.54. The van der Waals surface area contributed by atoms with Crippen LogP contribution in [0, 0.1) is 5.82 Å². The largest absolute Gasteiger partial charge is 0.352 e. The number of nitrogens with one attached hydrogen (secondary N) is 1. The summed E-state index contributed by atoms with van der Waals surface area (Å²) in [5.74, 6) is -0.950. The highest BCUT2D eigenvalue weighted by Gasteiger charge is 2.34. The first-order chi connectivity index (χ1) is 20.6. The van der Waals surface area contributed by atoms with Crippen LogP contribution in [0.15, 0.2) is 83.8 Å². The van der Waals surface area contributed by atoms with Gasteiger partial charge in [-0.05, 0) is 72.7 Å². The van der Waals surface area contributed by atoms with Gasteiger partial charge in [0.1, 0.15) is 18.4 Å². The molecular formula is C34H42FN3O4S. The summed E-state index contributed by atoms with van der Waals surface area (Å²) >= 11 is 0. The molecule has 0 heterocycles. The lowest BCUT2D eigenvalue weighted by molar-refractivity contribution is -0.140. The minimum Gasteiger partial charge on any atom is -0.352 e. The fourth-order valence-corrected chi connectivity index (χ4v) is 6.96. The second-order valence-electron chi connectivity index (χ2n) is 11.5. The van der Waals surface area contributed by atoms with Gasteiger partial charge in [-0.25, -0.2) is 12.8 Å². The van der Waals surface area contributed by atoms with Gasteiger partial charge in [-0.3, -0.25) is 13.9 Å². The third kappa shape index (κ3) is 8.22. The van der Waals surface area contributed by atoms with E-state index in [2.05, 4.69) is 5.32 Å². The van der Waals surface area contributed by atoms with Gasteiger partial charge in [-0.2, -0.15) is 0 Å². The first kappa shape index (κ1) is 32.2. The van der Waals surface area contributed by atoms with Crippen LogP contribution in [0.5, 0.6) is 0 Å². The molecule has 43 heavy (non-hydrogen) atoms. The molecule has 1 N–H and O–H groups in total. The maximum absolute atomic E-state index is 14.2. The lowest BCUT2D eigenvalue weighted by atomic mass is 9.95. The number of sulfonamides is 1. The zero-order valence-electron chi connectivity index (χ0n) is 25.2. The molecule has 0 bridgehead atoms. The van der Waals surface area contributed by atoms with E-state index in [1.165, 1.54) is 29.2 Å². The van der Waals surface area contributed by atoms with Gasteiger partial charge in [0.2, 0.25) is 11.8 Å². The molecule has 4 rings (SSSR count). The SMILES string of the molecule is CC[C@H](C(=O)NC1CCCCC1)N(Cc1ccc(F)cc1)C(=O)CN(c1ccc(C(C)C)cc1)S(=O)(=O)c1ccccc1. The van der Waals surface area contributed by atoms with E-state index >= 15 is 0 Å². The van der Waals surface area contributed by atoms with E-state index in [1.54, 1.807) is 42.5 Å². The Morgan fingerprint density at radius 2 is 1.53 bits per heavy atom. The third-order valence-corrected chi connectivity index (χ3v) is 9.85. The molecule has 230 valence electrons. The Balaban J connectivity index is 1.70. The van der Waals surface area contributed by atoms with Gasteiger partial charge < -0.3 is 10.2 Å². The highest BCUT2D eigenvalue weighted by Crippen LogP contribution is 2.27. The van der Waals surface area contributed by atoms with Gasteiger partial charge in [0.05, 0.1) is 10.6 Å². The third-order valence-electron chi connectivity index (χ3n) is 8.06. The van der Waals surface area contributed by atoms with Crippen LogP contribution in [0.1, 0.15) is 76.3 Å². The van der Waals surface area contributed by atoms with Crippen LogP contribution in [0.25, 0.3) is 0 Å². The molecule has 0 unspecified atom stereocenters. The van der Waals surface area contributed by atoms with E-state index in [9.17, 15) is 22.4 Å². The van der Waals surface area contributed by atoms with Gasteiger partial charge in [-0.1, -0.05) is 82.5 Å². The first-order valence-corrected chi connectivity index (χ1v) is 16.6. The van der Waals surface area contributed by atoms with E-state index < -0.39 is 34.3 Å². The van der Waals surface area contributed by atoms with Crippen molar-refractivity contribution in [1.82, 2.24) is 10.2 Å². The smallest absolute Gasteiger partial charge is 0.264 e. The van der Waals surface area contributed by atoms with Crippen molar-refractivity contribution in [2.24, 2.45) is 0 Å². The number of carbonyl (C=O) groups is 2. The van der Waals surface area contributed by atoms with Crippen LogP contribution >= 0.6 is 0 Å². The number of benzene rings is 3. The zero-order valence-corrected chi connectivity index (χ0v) is 26.0. The molecule has 1 atom stereocenters. The predicted molar refractivity (Wildman–Crippen MR) is 168 cm³/mol. The number of rotatable bonds is 12. The number of amides is 2. The van der Waals surface area contributed by atoms with Gasteiger partial charge in [0.15, 0.2) is 0 Å². The average Bonchev–Trinajstić information content (AvgIpc) is 3.01. The predicted octanol–water partition coefficient (Wildman–Crippen LogP) is 6.40. The molecule has 9 heteroatoms. The Bertz CT molecular complexity index is 1460. The van der Waals surface area contributed by atoms with Crippen molar-refractivity contribution in [2.75, 3.05) is 10.8 Å². The second kappa shape index (κ2) is 14.6. The number of hydrogen-bond donors (Lipinski definition) is 1. The van der Waals surface area contributed by atoms with Crippen molar-refractivity contribution in [1.29, 1.82) is 0 Å². The molecule has 2 amide bonds. The molecule has 7 nitrogen and oxygen atoms in total. The molecule has 0 aromatic heterocycles. The molecule has 3 aromatic rings. The number of carbonyl (C=O) groups excluding carboxylic acids is 2. The van der Waals surface area contributed by atoms with E-state index in [0.29, 0.717) is 17.7 Å². The fourth-order valence-electron chi connectivity index (χ4n) is 5.52. The minimum absolute atomic E-state index is 0.0290. The van der Waals surface area contributed by atoms with Crippen LogP contribution in [0.2, 0.25) is 0 Å². The molecule has 1 aliphatic carbocycles. The summed E-state index contributed by atoms with van der Waals surface area (Å²) in [7, 11) is -4.13. The summed E-state index contributed by atoms with van der Waals surface area (Å²) in [5, 5.41) is 3.13. The second-order valence-corrected chi connectivity index (χ2v) is 13.3. The summed E-state index contributed by atoms with van der Waals surface area (Å²) in [4.78, 5) is 29.3. The summed E-state index contributed by atoms with van der Waals surface area (Å²) in [6.45, 7) is 5.45.